The Balaban J connectivity index is 1.91. The lowest BCUT2D eigenvalue weighted by Crippen LogP contribution is -2.39. The van der Waals surface area contributed by atoms with Gasteiger partial charge in [-0.15, -0.1) is 0 Å². The Labute approximate surface area is 157 Å². The van der Waals surface area contributed by atoms with Crippen LogP contribution in [0.5, 0.6) is 0 Å². The molecule has 1 unspecified atom stereocenters. The van der Waals surface area contributed by atoms with Crippen LogP contribution < -0.4 is 10.6 Å². The first-order chi connectivity index (χ1) is 12.4. The van der Waals surface area contributed by atoms with E-state index in [0.717, 1.165) is 11.1 Å². The molecule has 2 atom stereocenters. The first kappa shape index (κ1) is 18.3. The molecule has 0 radical (unpaired) electrons. The summed E-state index contributed by atoms with van der Waals surface area (Å²) < 4.78 is 4.99. The standard InChI is InChI=1S/C20H21ClN2O3/c1-12(2)14-4-3-5-15(10-14)18(13-6-8-16(21)9-7-13)23-19(24)17-11-22-20(25)26-17/h3-10,12,17-18H,11H2,1-2H3,(H,22,25)(H,23,24)/t17?,18-/m0/s1. The zero-order valence-corrected chi connectivity index (χ0v) is 15.4. The summed E-state index contributed by atoms with van der Waals surface area (Å²) in [4.78, 5) is 23.8. The van der Waals surface area contributed by atoms with Crippen LogP contribution in [0.15, 0.2) is 48.5 Å². The van der Waals surface area contributed by atoms with Crippen molar-refractivity contribution in [1.29, 1.82) is 0 Å². The quantitative estimate of drug-likeness (QED) is 0.839. The molecule has 1 heterocycles. The minimum absolute atomic E-state index is 0.171. The third kappa shape index (κ3) is 4.17. The Morgan fingerprint density at radius 1 is 1.15 bits per heavy atom. The van der Waals surface area contributed by atoms with Crippen molar-refractivity contribution in [1.82, 2.24) is 10.6 Å². The fourth-order valence-electron chi connectivity index (χ4n) is 2.88. The fraction of sp³-hybridized carbons (Fsp3) is 0.300. The van der Waals surface area contributed by atoms with Crippen molar-refractivity contribution in [3.8, 4) is 0 Å². The second kappa shape index (κ2) is 7.79. The van der Waals surface area contributed by atoms with E-state index in [1.165, 1.54) is 5.56 Å². The SMILES string of the molecule is CC(C)c1cccc([C@@H](NC(=O)C2CNC(=O)O2)c2ccc(Cl)cc2)c1. The van der Waals surface area contributed by atoms with Crippen LogP contribution in [0.25, 0.3) is 0 Å². The van der Waals surface area contributed by atoms with E-state index in [-0.39, 0.29) is 18.5 Å². The van der Waals surface area contributed by atoms with Crippen LogP contribution in [0.1, 0.15) is 42.5 Å². The molecule has 0 spiro atoms. The molecule has 0 saturated carbocycles. The fourth-order valence-corrected chi connectivity index (χ4v) is 3.01. The molecule has 1 aliphatic rings. The van der Waals surface area contributed by atoms with Gasteiger partial charge in [0.2, 0.25) is 0 Å². The van der Waals surface area contributed by atoms with Crippen molar-refractivity contribution in [3.63, 3.8) is 0 Å². The van der Waals surface area contributed by atoms with Gasteiger partial charge >= 0.3 is 6.09 Å². The molecular weight excluding hydrogens is 352 g/mol. The van der Waals surface area contributed by atoms with Crippen molar-refractivity contribution < 1.29 is 14.3 Å². The predicted octanol–water partition coefficient (Wildman–Crippen LogP) is 3.78. The molecule has 0 aromatic heterocycles. The molecule has 1 fully saturated rings. The summed E-state index contributed by atoms with van der Waals surface area (Å²) in [6.07, 6.45) is -1.40. The van der Waals surface area contributed by atoms with Crippen molar-refractivity contribution in [2.45, 2.75) is 31.9 Å². The largest absolute Gasteiger partial charge is 0.434 e. The van der Waals surface area contributed by atoms with Crippen molar-refractivity contribution in [2.75, 3.05) is 6.54 Å². The lowest BCUT2D eigenvalue weighted by atomic mass is 9.94. The van der Waals surface area contributed by atoms with Crippen LogP contribution in [-0.2, 0) is 9.53 Å². The monoisotopic (exact) mass is 372 g/mol. The number of cyclic esters (lactones) is 1. The molecule has 5 nitrogen and oxygen atoms in total. The van der Waals surface area contributed by atoms with Gasteiger partial charge in [0.15, 0.2) is 6.10 Å². The van der Waals surface area contributed by atoms with Crippen LogP contribution >= 0.6 is 11.6 Å². The average molecular weight is 373 g/mol. The first-order valence-electron chi connectivity index (χ1n) is 8.54. The molecule has 2 N–H and O–H groups in total. The number of hydrogen-bond donors (Lipinski definition) is 2. The first-order valence-corrected chi connectivity index (χ1v) is 8.92. The van der Waals surface area contributed by atoms with E-state index in [1.54, 1.807) is 12.1 Å². The zero-order valence-electron chi connectivity index (χ0n) is 14.7. The van der Waals surface area contributed by atoms with Crippen LogP contribution in [0.2, 0.25) is 5.02 Å². The van der Waals surface area contributed by atoms with Crippen molar-refractivity contribution >= 4 is 23.6 Å². The topological polar surface area (TPSA) is 67.4 Å². The van der Waals surface area contributed by atoms with Gasteiger partial charge in [-0.25, -0.2) is 4.79 Å². The smallest absolute Gasteiger partial charge is 0.408 e. The summed E-state index contributed by atoms with van der Waals surface area (Å²) in [5, 5.41) is 6.12. The second-order valence-corrected chi connectivity index (χ2v) is 7.03. The van der Waals surface area contributed by atoms with Gasteiger partial charge in [-0.3, -0.25) is 4.79 Å². The Hall–Kier alpha value is -2.53. The van der Waals surface area contributed by atoms with Crippen LogP contribution in [0.4, 0.5) is 4.79 Å². The third-order valence-corrected chi connectivity index (χ3v) is 4.63. The second-order valence-electron chi connectivity index (χ2n) is 6.59. The van der Waals surface area contributed by atoms with Crippen molar-refractivity contribution in [3.05, 3.63) is 70.2 Å². The maximum atomic E-state index is 12.6. The number of ether oxygens (including phenoxy) is 1. The number of benzene rings is 2. The van der Waals surface area contributed by atoms with Gasteiger partial charge in [0.25, 0.3) is 5.91 Å². The van der Waals surface area contributed by atoms with Crippen LogP contribution in [-0.4, -0.2) is 24.6 Å². The molecule has 0 aliphatic carbocycles. The Bertz CT molecular complexity index is 805. The number of hydrogen-bond acceptors (Lipinski definition) is 3. The van der Waals surface area contributed by atoms with E-state index >= 15 is 0 Å². The van der Waals surface area contributed by atoms with E-state index < -0.39 is 12.2 Å². The number of alkyl carbamates (subject to hydrolysis) is 1. The number of nitrogens with one attached hydrogen (secondary N) is 2. The van der Waals surface area contributed by atoms with E-state index in [9.17, 15) is 9.59 Å². The highest BCUT2D eigenvalue weighted by Gasteiger charge is 2.31. The molecule has 136 valence electrons. The molecule has 2 amide bonds. The molecular formula is C20H21ClN2O3. The summed E-state index contributed by atoms with van der Waals surface area (Å²) in [5.41, 5.74) is 3.05. The Kier molecular flexibility index (Phi) is 5.47. The number of carbonyl (C=O) groups is 2. The molecule has 6 heteroatoms. The van der Waals surface area contributed by atoms with Gasteiger partial charge in [0.1, 0.15) is 0 Å². The number of rotatable bonds is 5. The lowest BCUT2D eigenvalue weighted by molar-refractivity contribution is -0.128. The summed E-state index contributed by atoms with van der Waals surface area (Å²) in [6.45, 7) is 4.42. The summed E-state index contributed by atoms with van der Waals surface area (Å²) in [5.74, 6) is 0.0368. The van der Waals surface area contributed by atoms with E-state index in [4.69, 9.17) is 16.3 Å². The summed E-state index contributed by atoms with van der Waals surface area (Å²) in [7, 11) is 0. The normalized spacial score (nSPS) is 17.5. The van der Waals surface area contributed by atoms with Gasteiger partial charge in [-0.05, 0) is 34.7 Å². The summed E-state index contributed by atoms with van der Waals surface area (Å²) >= 11 is 6.00. The summed E-state index contributed by atoms with van der Waals surface area (Å²) in [6, 6.07) is 15.1. The highest BCUT2D eigenvalue weighted by atomic mass is 35.5. The van der Waals surface area contributed by atoms with E-state index in [1.807, 2.05) is 24.3 Å². The Morgan fingerprint density at radius 2 is 1.85 bits per heavy atom. The van der Waals surface area contributed by atoms with E-state index in [2.05, 4.69) is 36.6 Å². The average Bonchev–Trinajstić information content (AvgIpc) is 3.07. The maximum absolute atomic E-state index is 12.6. The number of halogens is 1. The highest BCUT2D eigenvalue weighted by molar-refractivity contribution is 6.30. The lowest BCUT2D eigenvalue weighted by Gasteiger charge is -2.22. The molecule has 1 aliphatic heterocycles. The highest BCUT2D eigenvalue weighted by Crippen LogP contribution is 2.26. The van der Waals surface area contributed by atoms with E-state index in [0.29, 0.717) is 10.9 Å². The Morgan fingerprint density at radius 3 is 2.46 bits per heavy atom. The molecule has 2 aromatic rings. The minimum atomic E-state index is -0.828. The maximum Gasteiger partial charge on any atom is 0.408 e. The van der Waals surface area contributed by atoms with Crippen molar-refractivity contribution in [2.24, 2.45) is 0 Å². The molecule has 0 bridgehead atoms. The predicted molar refractivity (Wildman–Crippen MR) is 100 cm³/mol. The van der Waals surface area contributed by atoms with Gasteiger partial charge < -0.3 is 15.4 Å². The minimum Gasteiger partial charge on any atom is -0.434 e. The molecule has 3 rings (SSSR count). The van der Waals surface area contributed by atoms with Gasteiger partial charge in [-0.1, -0.05) is 61.8 Å². The van der Waals surface area contributed by atoms with Gasteiger partial charge in [0, 0.05) is 5.02 Å². The molecule has 26 heavy (non-hydrogen) atoms. The van der Waals surface area contributed by atoms with Gasteiger partial charge in [0.05, 0.1) is 12.6 Å². The van der Waals surface area contributed by atoms with Gasteiger partial charge in [-0.2, -0.15) is 0 Å². The number of amides is 2. The molecule has 2 aromatic carbocycles. The number of carbonyl (C=O) groups excluding carboxylic acids is 2. The third-order valence-electron chi connectivity index (χ3n) is 4.37. The van der Waals surface area contributed by atoms with Crippen LogP contribution in [0.3, 0.4) is 0 Å². The van der Waals surface area contributed by atoms with Crippen LogP contribution in [0, 0.1) is 0 Å². The zero-order chi connectivity index (χ0) is 18.7. The molecule has 1 saturated heterocycles.